The Bertz CT molecular complexity index is 487. The highest BCUT2D eigenvalue weighted by atomic mass is 16.6. The first-order chi connectivity index (χ1) is 11.7. The molecule has 3 aliphatic rings. The zero-order valence-electron chi connectivity index (χ0n) is 16.5. The molecular weight excluding hydrogens is 318 g/mol. The molecule has 1 spiro atoms. The molecule has 2 aliphatic heterocycles. The minimum absolute atomic E-state index is 0.153. The summed E-state index contributed by atoms with van der Waals surface area (Å²) in [4.78, 5) is 17.1. The Morgan fingerprint density at radius 3 is 2.68 bits per heavy atom. The van der Waals surface area contributed by atoms with E-state index in [1.807, 2.05) is 25.7 Å². The van der Waals surface area contributed by atoms with Crippen LogP contribution in [0, 0.1) is 0 Å². The fourth-order valence-corrected chi connectivity index (χ4v) is 4.40. The number of nitrogens with one attached hydrogen (secondary N) is 1. The molecule has 1 saturated carbocycles. The van der Waals surface area contributed by atoms with Crippen LogP contribution in [0.2, 0.25) is 0 Å². The van der Waals surface area contributed by atoms with Crippen molar-refractivity contribution in [2.24, 2.45) is 0 Å². The van der Waals surface area contributed by atoms with Crippen molar-refractivity contribution in [3.05, 3.63) is 0 Å². The molecule has 3 fully saturated rings. The van der Waals surface area contributed by atoms with E-state index in [9.17, 15) is 4.79 Å². The summed E-state index contributed by atoms with van der Waals surface area (Å²) < 4.78 is 11.4. The van der Waals surface area contributed by atoms with E-state index in [2.05, 4.69) is 24.1 Å². The molecule has 25 heavy (non-hydrogen) atoms. The summed E-state index contributed by atoms with van der Waals surface area (Å²) in [6.07, 6.45) is 3.57. The number of piperazine rings is 1. The lowest BCUT2D eigenvalue weighted by molar-refractivity contribution is -0.129. The molecule has 1 aliphatic carbocycles. The highest BCUT2D eigenvalue weighted by molar-refractivity contribution is 5.68. The molecule has 144 valence electrons. The van der Waals surface area contributed by atoms with Gasteiger partial charge >= 0.3 is 6.09 Å². The molecule has 0 bridgehead atoms. The van der Waals surface area contributed by atoms with Crippen LogP contribution >= 0.6 is 0 Å². The van der Waals surface area contributed by atoms with Crippen LogP contribution in [0.15, 0.2) is 0 Å². The SMILES string of the molecule is CC([C@H]1CN(C(=O)OC(C)(C)C)[C@H](C)CN1)N1CCOCC12CCC2. The average molecular weight is 354 g/mol. The largest absolute Gasteiger partial charge is 0.444 e. The fourth-order valence-electron chi connectivity index (χ4n) is 4.40. The van der Waals surface area contributed by atoms with Crippen molar-refractivity contribution in [3.8, 4) is 0 Å². The number of morpholine rings is 1. The number of nitrogens with zero attached hydrogens (tertiary/aromatic N) is 2. The zero-order valence-corrected chi connectivity index (χ0v) is 16.5. The lowest BCUT2D eigenvalue weighted by Gasteiger charge is -2.57. The number of hydrogen-bond acceptors (Lipinski definition) is 5. The Hall–Kier alpha value is -0.850. The number of carbonyl (C=O) groups excluding carboxylic acids is 1. The molecule has 1 unspecified atom stereocenters. The standard InChI is InChI=1S/C19H35N3O3/c1-14-11-20-16(12-21(14)17(23)25-18(3,4)5)15(2)22-9-10-24-13-19(22)7-6-8-19/h14-16,20H,6-13H2,1-5H3/t14-,15?,16-/m1/s1. The van der Waals surface area contributed by atoms with Crippen LogP contribution in [0.25, 0.3) is 0 Å². The third kappa shape index (κ3) is 3.96. The van der Waals surface area contributed by atoms with Gasteiger partial charge in [-0.05, 0) is 53.9 Å². The molecule has 2 heterocycles. The Morgan fingerprint density at radius 2 is 2.08 bits per heavy atom. The maximum Gasteiger partial charge on any atom is 0.410 e. The van der Waals surface area contributed by atoms with E-state index in [-0.39, 0.29) is 23.7 Å². The van der Waals surface area contributed by atoms with Crippen molar-refractivity contribution in [2.45, 2.75) is 83.1 Å². The van der Waals surface area contributed by atoms with Crippen molar-refractivity contribution in [3.63, 3.8) is 0 Å². The third-order valence-corrected chi connectivity index (χ3v) is 6.04. The van der Waals surface area contributed by atoms with Crippen LogP contribution < -0.4 is 5.32 Å². The topological polar surface area (TPSA) is 54.0 Å². The van der Waals surface area contributed by atoms with Crippen molar-refractivity contribution in [1.29, 1.82) is 0 Å². The molecule has 0 radical (unpaired) electrons. The lowest BCUT2D eigenvalue weighted by atomic mass is 9.74. The molecule has 3 atom stereocenters. The van der Waals surface area contributed by atoms with Gasteiger partial charge in [0.05, 0.1) is 13.2 Å². The minimum atomic E-state index is -0.455. The van der Waals surface area contributed by atoms with Gasteiger partial charge in [0.2, 0.25) is 0 Å². The quantitative estimate of drug-likeness (QED) is 0.825. The molecule has 3 rings (SSSR count). The van der Waals surface area contributed by atoms with E-state index in [0.29, 0.717) is 12.6 Å². The van der Waals surface area contributed by atoms with Gasteiger partial charge < -0.3 is 19.7 Å². The second-order valence-electron chi connectivity index (χ2n) is 9.06. The normalized spacial score (nSPS) is 31.5. The van der Waals surface area contributed by atoms with E-state index in [1.54, 1.807) is 0 Å². The number of amides is 1. The zero-order chi connectivity index (χ0) is 18.2. The number of carbonyl (C=O) groups is 1. The summed E-state index contributed by atoms with van der Waals surface area (Å²) in [6, 6.07) is 0.793. The lowest BCUT2D eigenvalue weighted by Crippen LogP contribution is -2.70. The van der Waals surface area contributed by atoms with Crippen LogP contribution in [0.4, 0.5) is 4.79 Å². The Labute approximate surface area is 152 Å². The summed E-state index contributed by atoms with van der Waals surface area (Å²) in [7, 11) is 0. The first-order valence-electron chi connectivity index (χ1n) is 9.79. The number of ether oxygens (including phenoxy) is 2. The van der Waals surface area contributed by atoms with Crippen molar-refractivity contribution in [2.75, 3.05) is 32.8 Å². The predicted octanol–water partition coefficient (Wildman–Crippen LogP) is 2.23. The van der Waals surface area contributed by atoms with E-state index < -0.39 is 5.60 Å². The van der Waals surface area contributed by atoms with E-state index in [1.165, 1.54) is 19.3 Å². The Kier molecular flexibility index (Phi) is 5.33. The smallest absolute Gasteiger partial charge is 0.410 e. The summed E-state index contributed by atoms with van der Waals surface area (Å²) in [5.74, 6) is 0. The first-order valence-corrected chi connectivity index (χ1v) is 9.79. The molecule has 6 nitrogen and oxygen atoms in total. The monoisotopic (exact) mass is 353 g/mol. The summed E-state index contributed by atoms with van der Waals surface area (Å²) in [5, 5.41) is 3.67. The second-order valence-corrected chi connectivity index (χ2v) is 9.06. The van der Waals surface area contributed by atoms with E-state index >= 15 is 0 Å². The fraction of sp³-hybridized carbons (Fsp3) is 0.947. The molecule has 1 N–H and O–H groups in total. The van der Waals surface area contributed by atoms with E-state index in [4.69, 9.17) is 9.47 Å². The van der Waals surface area contributed by atoms with Gasteiger partial charge in [0.15, 0.2) is 0 Å². The molecule has 0 aromatic carbocycles. The Morgan fingerprint density at radius 1 is 1.36 bits per heavy atom. The average Bonchev–Trinajstić information content (AvgIpc) is 2.51. The van der Waals surface area contributed by atoms with Gasteiger partial charge in [0, 0.05) is 43.3 Å². The predicted molar refractivity (Wildman–Crippen MR) is 97.8 cm³/mol. The third-order valence-electron chi connectivity index (χ3n) is 6.04. The van der Waals surface area contributed by atoms with Gasteiger partial charge in [-0.25, -0.2) is 4.79 Å². The van der Waals surface area contributed by atoms with Crippen LogP contribution in [0.1, 0.15) is 53.9 Å². The molecule has 2 saturated heterocycles. The first kappa shape index (κ1) is 18.9. The summed E-state index contributed by atoms with van der Waals surface area (Å²) in [6.45, 7) is 14.3. The molecule has 1 amide bonds. The molecule has 0 aromatic rings. The summed E-state index contributed by atoms with van der Waals surface area (Å²) in [5.41, 5.74) is -0.220. The van der Waals surface area contributed by atoms with Gasteiger partial charge in [0.25, 0.3) is 0 Å². The number of rotatable bonds is 2. The second kappa shape index (κ2) is 7.05. The van der Waals surface area contributed by atoms with Crippen molar-refractivity contribution >= 4 is 6.09 Å². The van der Waals surface area contributed by atoms with Gasteiger partial charge in [-0.15, -0.1) is 0 Å². The van der Waals surface area contributed by atoms with E-state index in [0.717, 1.165) is 26.3 Å². The minimum Gasteiger partial charge on any atom is -0.444 e. The van der Waals surface area contributed by atoms with Gasteiger partial charge in [0.1, 0.15) is 5.60 Å². The summed E-state index contributed by atoms with van der Waals surface area (Å²) >= 11 is 0. The molecular formula is C19H35N3O3. The maximum atomic E-state index is 12.6. The van der Waals surface area contributed by atoms with Crippen molar-refractivity contribution in [1.82, 2.24) is 15.1 Å². The van der Waals surface area contributed by atoms with Gasteiger partial charge in [-0.2, -0.15) is 0 Å². The van der Waals surface area contributed by atoms with Crippen LogP contribution in [0.5, 0.6) is 0 Å². The Balaban J connectivity index is 1.66. The van der Waals surface area contributed by atoms with Crippen LogP contribution in [-0.2, 0) is 9.47 Å². The molecule has 0 aromatic heterocycles. The van der Waals surface area contributed by atoms with Crippen molar-refractivity contribution < 1.29 is 14.3 Å². The highest BCUT2D eigenvalue weighted by Crippen LogP contribution is 2.41. The highest BCUT2D eigenvalue weighted by Gasteiger charge is 2.48. The maximum absolute atomic E-state index is 12.6. The van der Waals surface area contributed by atoms with Gasteiger partial charge in [-0.1, -0.05) is 0 Å². The van der Waals surface area contributed by atoms with Crippen LogP contribution in [0.3, 0.4) is 0 Å². The van der Waals surface area contributed by atoms with Gasteiger partial charge in [-0.3, -0.25) is 4.90 Å². The molecule has 6 heteroatoms. The number of hydrogen-bond donors (Lipinski definition) is 1. The van der Waals surface area contributed by atoms with Crippen LogP contribution in [-0.4, -0.2) is 78.0 Å².